The van der Waals surface area contributed by atoms with E-state index in [1.807, 2.05) is 0 Å². The summed E-state index contributed by atoms with van der Waals surface area (Å²) in [7, 11) is 0. The maximum absolute atomic E-state index is 12.7. The Balaban J connectivity index is 2.16. The molecular weight excluding hydrogens is 266 g/mol. The van der Waals surface area contributed by atoms with E-state index in [-0.39, 0.29) is 5.82 Å². The topological polar surface area (TPSA) is 46.9 Å². The molecule has 0 fully saturated rings. The van der Waals surface area contributed by atoms with Gasteiger partial charge in [0.2, 0.25) is 0 Å². The summed E-state index contributed by atoms with van der Waals surface area (Å²) in [6.07, 6.45) is -3.63. The van der Waals surface area contributed by atoms with Crippen LogP contribution in [0.4, 0.5) is 23.4 Å². The quantitative estimate of drug-likeness (QED) is 0.855. The monoisotopic (exact) mass is 273 g/mol. The molecule has 0 unspecified atom stereocenters. The molecule has 1 aromatic heterocycles. The summed E-state index contributed by atoms with van der Waals surface area (Å²) < 4.78 is 50.0. The van der Waals surface area contributed by atoms with E-state index in [9.17, 15) is 22.4 Å². The van der Waals surface area contributed by atoms with Crippen LogP contribution in [0.3, 0.4) is 0 Å². The van der Waals surface area contributed by atoms with Crippen LogP contribution in [-0.2, 0) is 4.79 Å². The first-order chi connectivity index (χ1) is 8.86. The van der Waals surface area contributed by atoms with Crippen LogP contribution >= 0.6 is 0 Å². The van der Waals surface area contributed by atoms with E-state index in [0.717, 1.165) is 0 Å². The fourth-order valence-electron chi connectivity index (χ4n) is 1.32. The second-order valence-electron chi connectivity index (χ2n) is 3.57. The van der Waals surface area contributed by atoms with Crippen LogP contribution in [0.1, 0.15) is 0 Å². The molecule has 4 nitrogen and oxygen atoms in total. The highest BCUT2D eigenvalue weighted by atomic mass is 19.4. The summed E-state index contributed by atoms with van der Waals surface area (Å²) in [4.78, 5) is 10.7. The number of carbonyl (C=O) groups is 1. The molecule has 1 heterocycles. The molecule has 0 radical (unpaired) electrons. The highest BCUT2D eigenvalue weighted by molar-refractivity contribution is 5.94. The Bertz CT molecular complexity index is 589. The Morgan fingerprint density at radius 2 is 1.79 bits per heavy atom. The minimum absolute atomic E-state index is 0.244. The first-order valence-electron chi connectivity index (χ1n) is 5.06. The lowest BCUT2D eigenvalue weighted by atomic mass is 10.3. The lowest BCUT2D eigenvalue weighted by Crippen LogP contribution is -2.30. The van der Waals surface area contributed by atoms with Gasteiger partial charge in [0.25, 0.3) is 0 Å². The second kappa shape index (κ2) is 4.71. The van der Waals surface area contributed by atoms with Crippen molar-refractivity contribution in [3.8, 4) is 5.69 Å². The average Bonchev–Trinajstić information content (AvgIpc) is 2.77. The number of nitrogens with one attached hydrogen (secondary N) is 1. The van der Waals surface area contributed by atoms with Gasteiger partial charge < -0.3 is 5.32 Å². The first-order valence-corrected chi connectivity index (χ1v) is 5.06. The van der Waals surface area contributed by atoms with E-state index in [1.165, 1.54) is 41.2 Å². The van der Waals surface area contributed by atoms with Gasteiger partial charge >= 0.3 is 12.1 Å². The predicted molar refractivity (Wildman–Crippen MR) is 58.2 cm³/mol. The normalized spacial score (nSPS) is 11.4. The molecule has 0 aliphatic rings. The van der Waals surface area contributed by atoms with Crippen molar-refractivity contribution in [2.24, 2.45) is 0 Å². The van der Waals surface area contributed by atoms with Crippen LogP contribution in [-0.4, -0.2) is 21.9 Å². The molecule has 0 spiro atoms. The fraction of sp³-hybridized carbons (Fsp3) is 0.0909. The van der Waals surface area contributed by atoms with Gasteiger partial charge in [-0.2, -0.15) is 18.3 Å². The number of anilines is 1. The first kappa shape index (κ1) is 13.1. The van der Waals surface area contributed by atoms with Crippen molar-refractivity contribution < 1.29 is 22.4 Å². The number of hydrogen-bond donors (Lipinski definition) is 1. The summed E-state index contributed by atoms with van der Waals surface area (Å²) in [6.45, 7) is 0. The number of aromatic nitrogens is 2. The summed E-state index contributed by atoms with van der Waals surface area (Å²) in [5.41, 5.74) is 0.453. The minimum atomic E-state index is -4.97. The Morgan fingerprint density at radius 1 is 1.16 bits per heavy atom. The van der Waals surface area contributed by atoms with E-state index in [2.05, 4.69) is 5.10 Å². The third kappa shape index (κ3) is 3.09. The molecule has 0 saturated carbocycles. The van der Waals surface area contributed by atoms with Gasteiger partial charge in [0.15, 0.2) is 5.82 Å². The molecule has 0 bridgehead atoms. The molecule has 0 aliphatic heterocycles. The van der Waals surface area contributed by atoms with Crippen molar-refractivity contribution in [3.63, 3.8) is 0 Å². The van der Waals surface area contributed by atoms with Crippen molar-refractivity contribution in [2.75, 3.05) is 5.32 Å². The van der Waals surface area contributed by atoms with E-state index >= 15 is 0 Å². The van der Waals surface area contributed by atoms with Crippen molar-refractivity contribution in [2.45, 2.75) is 6.18 Å². The van der Waals surface area contributed by atoms with Crippen LogP contribution in [0.15, 0.2) is 36.5 Å². The largest absolute Gasteiger partial charge is 0.471 e. The molecule has 1 aromatic carbocycles. The SMILES string of the molecule is O=C(Nc1ccn(-c2ccc(F)cc2)n1)C(F)(F)F. The van der Waals surface area contributed by atoms with Crippen molar-refractivity contribution in [1.82, 2.24) is 9.78 Å². The van der Waals surface area contributed by atoms with E-state index in [1.54, 1.807) is 5.32 Å². The fourth-order valence-corrected chi connectivity index (χ4v) is 1.32. The zero-order chi connectivity index (χ0) is 14.0. The van der Waals surface area contributed by atoms with Gasteiger partial charge in [-0.1, -0.05) is 0 Å². The van der Waals surface area contributed by atoms with Crippen LogP contribution in [0.25, 0.3) is 5.69 Å². The molecule has 2 aromatic rings. The zero-order valence-electron chi connectivity index (χ0n) is 9.28. The number of benzene rings is 1. The average molecular weight is 273 g/mol. The number of carbonyl (C=O) groups excluding carboxylic acids is 1. The number of alkyl halides is 3. The van der Waals surface area contributed by atoms with Crippen LogP contribution in [0, 0.1) is 5.82 Å². The minimum Gasteiger partial charge on any atom is -0.301 e. The maximum atomic E-state index is 12.7. The molecule has 8 heteroatoms. The van der Waals surface area contributed by atoms with Crippen LogP contribution in [0.5, 0.6) is 0 Å². The highest BCUT2D eigenvalue weighted by Gasteiger charge is 2.39. The Hall–Kier alpha value is -2.38. The van der Waals surface area contributed by atoms with Gasteiger partial charge in [-0.3, -0.25) is 4.79 Å². The molecule has 1 N–H and O–H groups in total. The number of nitrogens with zero attached hydrogens (tertiary/aromatic N) is 2. The van der Waals surface area contributed by atoms with E-state index < -0.39 is 17.9 Å². The molecule has 19 heavy (non-hydrogen) atoms. The summed E-state index contributed by atoms with van der Waals surface area (Å²) in [6, 6.07) is 6.37. The molecule has 2 rings (SSSR count). The second-order valence-corrected chi connectivity index (χ2v) is 3.57. The third-order valence-corrected chi connectivity index (χ3v) is 2.18. The lowest BCUT2D eigenvalue weighted by Gasteiger charge is -2.05. The number of rotatable bonds is 2. The Labute approximate surface area is 104 Å². The summed E-state index contributed by atoms with van der Waals surface area (Å²) >= 11 is 0. The highest BCUT2D eigenvalue weighted by Crippen LogP contribution is 2.18. The lowest BCUT2D eigenvalue weighted by molar-refractivity contribution is -0.167. The number of halogens is 4. The van der Waals surface area contributed by atoms with Crippen molar-refractivity contribution >= 4 is 11.7 Å². The molecule has 0 atom stereocenters. The summed E-state index contributed by atoms with van der Waals surface area (Å²) in [5, 5.41) is 5.34. The summed E-state index contributed by atoms with van der Waals surface area (Å²) in [5.74, 6) is -2.79. The Morgan fingerprint density at radius 3 is 2.37 bits per heavy atom. The van der Waals surface area contributed by atoms with Crippen molar-refractivity contribution in [1.29, 1.82) is 0 Å². The van der Waals surface area contributed by atoms with E-state index in [4.69, 9.17) is 0 Å². The van der Waals surface area contributed by atoms with Gasteiger partial charge in [0, 0.05) is 12.3 Å². The van der Waals surface area contributed by atoms with E-state index in [0.29, 0.717) is 5.69 Å². The standard InChI is InChI=1S/C11H7F4N3O/c12-7-1-3-8(4-2-7)18-6-5-9(17-18)16-10(19)11(13,14)15/h1-6H,(H,16,17,19). The third-order valence-electron chi connectivity index (χ3n) is 2.18. The van der Waals surface area contributed by atoms with Gasteiger partial charge in [-0.05, 0) is 24.3 Å². The number of amides is 1. The predicted octanol–water partition coefficient (Wildman–Crippen LogP) is 2.51. The zero-order valence-corrected chi connectivity index (χ0v) is 9.28. The van der Waals surface area contributed by atoms with Crippen LogP contribution in [0.2, 0.25) is 0 Å². The number of hydrogen-bond acceptors (Lipinski definition) is 2. The van der Waals surface area contributed by atoms with Gasteiger partial charge in [0.1, 0.15) is 5.82 Å². The van der Waals surface area contributed by atoms with Gasteiger partial charge in [-0.25, -0.2) is 9.07 Å². The van der Waals surface area contributed by atoms with Gasteiger partial charge in [0.05, 0.1) is 5.69 Å². The molecule has 1 amide bonds. The molecule has 0 saturated heterocycles. The molecule has 100 valence electrons. The van der Waals surface area contributed by atoms with Gasteiger partial charge in [-0.15, -0.1) is 0 Å². The molecule has 0 aliphatic carbocycles. The maximum Gasteiger partial charge on any atom is 0.471 e. The molecular formula is C11H7F4N3O. The van der Waals surface area contributed by atoms with Crippen LogP contribution < -0.4 is 5.32 Å². The van der Waals surface area contributed by atoms with Crippen molar-refractivity contribution in [3.05, 3.63) is 42.3 Å². The smallest absolute Gasteiger partial charge is 0.301 e. The Kier molecular flexibility index (Phi) is 3.24.